The molecule has 2 aromatic rings. The van der Waals surface area contributed by atoms with Crippen LogP contribution < -0.4 is 4.74 Å². The van der Waals surface area contributed by atoms with Gasteiger partial charge in [0.1, 0.15) is 11.7 Å². The summed E-state index contributed by atoms with van der Waals surface area (Å²) in [5.74, 6) is -0.809. The Morgan fingerprint density at radius 2 is 2.11 bits per heavy atom. The van der Waals surface area contributed by atoms with Crippen molar-refractivity contribution in [2.75, 3.05) is 0 Å². The van der Waals surface area contributed by atoms with Crippen molar-refractivity contribution in [1.29, 1.82) is 0 Å². The molecule has 0 aliphatic heterocycles. The third-order valence-electron chi connectivity index (χ3n) is 2.33. The highest BCUT2D eigenvalue weighted by Gasteiger charge is 2.20. The van der Waals surface area contributed by atoms with Crippen molar-refractivity contribution in [2.45, 2.75) is 19.4 Å². The number of ether oxygens (including phenoxy) is 1. The van der Waals surface area contributed by atoms with Gasteiger partial charge in [-0.3, -0.25) is 4.79 Å². The molecular weight excluding hydrogens is 236 g/mol. The molecule has 1 atom stereocenters. The second kappa shape index (κ2) is 5.31. The molecule has 0 spiro atoms. The van der Waals surface area contributed by atoms with E-state index in [0.717, 1.165) is 0 Å². The minimum absolute atomic E-state index is 0.0779. The number of nitrogens with zero attached hydrogens (tertiary/aromatic N) is 2. The van der Waals surface area contributed by atoms with Crippen LogP contribution in [0.5, 0.6) is 5.75 Å². The Morgan fingerprint density at radius 3 is 2.78 bits per heavy atom. The molecule has 94 valence electrons. The zero-order chi connectivity index (χ0) is 13.0. The van der Waals surface area contributed by atoms with E-state index in [9.17, 15) is 4.79 Å². The Balaban J connectivity index is 1.97. The number of carboxylic acids is 1. The summed E-state index contributed by atoms with van der Waals surface area (Å²) in [7, 11) is 0. The Morgan fingerprint density at radius 1 is 1.39 bits per heavy atom. The Bertz CT molecular complexity index is 524. The number of aromatic nitrogens is 2. The van der Waals surface area contributed by atoms with E-state index in [2.05, 4.69) is 10.2 Å². The smallest absolute Gasteiger partial charge is 0.315 e. The molecule has 0 aliphatic rings. The summed E-state index contributed by atoms with van der Waals surface area (Å²) in [6.45, 7) is 1.60. The predicted molar refractivity (Wildman–Crippen MR) is 61.1 cm³/mol. The van der Waals surface area contributed by atoms with Gasteiger partial charge in [0, 0.05) is 0 Å². The molecule has 0 amide bonds. The zero-order valence-corrected chi connectivity index (χ0v) is 9.74. The number of benzene rings is 1. The summed E-state index contributed by atoms with van der Waals surface area (Å²) >= 11 is 0. The van der Waals surface area contributed by atoms with Crippen LogP contribution in [0.1, 0.15) is 24.6 Å². The van der Waals surface area contributed by atoms with E-state index in [-0.39, 0.29) is 18.4 Å². The fourth-order valence-electron chi connectivity index (χ4n) is 1.27. The van der Waals surface area contributed by atoms with Gasteiger partial charge in [0.15, 0.2) is 6.61 Å². The molecular formula is C12H12N2O4. The Kier molecular flexibility index (Phi) is 3.57. The number of para-hydroxylation sites is 1. The van der Waals surface area contributed by atoms with Gasteiger partial charge in [-0.2, -0.15) is 0 Å². The summed E-state index contributed by atoms with van der Waals surface area (Å²) in [4.78, 5) is 10.7. The minimum atomic E-state index is -1.01. The molecule has 1 aromatic carbocycles. The van der Waals surface area contributed by atoms with Crippen molar-refractivity contribution in [3.63, 3.8) is 0 Å². The van der Waals surface area contributed by atoms with E-state index in [1.54, 1.807) is 12.1 Å². The van der Waals surface area contributed by atoms with Crippen LogP contribution in [0, 0.1) is 0 Å². The van der Waals surface area contributed by atoms with E-state index in [4.69, 9.17) is 14.3 Å². The van der Waals surface area contributed by atoms with Crippen molar-refractivity contribution in [1.82, 2.24) is 10.2 Å². The van der Waals surface area contributed by atoms with Gasteiger partial charge < -0.3 is 14.3 Å². The largest absolute Gasteiger partial charge is 0.484 e. The van der Waals surface area contributed by atoms with Gasteiger partial charge in [0.2, 0.25) is 5.89 Å². The van der Waals surface area contributed by atoms with Crippen LogP contribution in [0.3, 0.4) is 0 Å². The maximum Gasteiger partial charge on any atom is 0.315 e. The fourth-order valence-corrected chi connectivity index (χ4v) is 1.27. The van der Waals surface area contributed by atoms with E-state index in [1.807, 2.05) is 18.2 Å². The van der Waals surface area contributed by atoms with E-state index < -0.39 is 11.9 Å². The van der Waals surface area contributed by atoms with Crippen molar-refractivity contribution >= 4 is 5.97 Å². The molecule has 1 N–H and O–H groups in total. The molecule has 18 heavy (non-hydrogen) atoms. The molecule has 0 fully saturated rings. The van der Waals surface area contributed by atoms with Gasteiger partial charge >= 0.3 is 5.97 Å². The molecule has 6 nitrogen and oxygen atoms in total. The maximum absolute atomic E-state index is 10.7. The highest BCUT2D eigenvalue weighted by Crippen LogP contribution is 2.15. The van der Waals surface area contributed by atoms with Crippen LogP contribution in [0.4, 0.5) is 0 Å². The number of hydrogen-bond donors (Lipinski definition) is 1. The number of carboxylic acid groups (broad SMARTS) is 1. The lowest BCUT2D eigenvalue weighted by Gasteiger charge is -2.02. The molecule has 2 rings (SSSR count). The second-order valence-corrected chi connectivity index (χ2v) is 3.70. The topological polar surface area (TPSA) is 85.5 Å². The quantitative estimate of drug-likeness (QED) is 0.868. The average Bonchev–Trinajstić information content (AvgIpc) is 2.85. The first-order valence-electron chi connectivity index (χ1n) is 5.39. The lowest BCUT2D eigenvalue weighted by atomic mass is 10.2. The lowest BCUT2D eigenvalue weighted by molar-refractivity contribution is -0.138. The van der Waals surface area contributed by atoms with Gasteiger partial charge in [-0.1, -0.05) is 18.2 Å². The van der Waals surface area contributed by atoms with Gasteiger partial charge in [0.05, 0.1) is 0 Å². The summed E-state index contributed by atoms with van der Waals surface area (Å²) in [6, 6.07) is 9.18. The first-order chi connectivity index (χ1) is 8.66. The predicted octanol–water partition coefficient (Wildman–Crippen LogP) is 1.84. The van der Waals surface area contributed by atoms with Gasteiger partial charge in [-0.05, 0) is 19.1 Å². The number of hydrogen-bond acceptors (Lipinski definition) is 5. The van der Waals surface area contributed by atoms with Gasteiger partial charge in [-0.25, -0.2) is 0 Å². The molecule has 0 saturated carbocycles. The summed E-state index contributed by atoms with van der Waals surface area (Å²) in [6.07, 6.45) is 0. The highest BCUT2D eigenvalue weighted by molar-refractivity contribution is 5.73. The van der Waals surface area contributed by atoms with Crippen molar-refractivity contribution in [3.8, 4) is 5.75 Å². The Hall–Kier alpha value is -2.37. The summed E-state index contributed by atoms with van der Waals surface area (Å²) in [5.41, 5.74) is 0. The zero-order valence-electron chi connectivity index (χ0n) is 9.74. The van der Waals surface area contributed by atoms with Crippen LogP contribution in [-0.4, -0.2) is 21.3 Å². The molecule has 0 radical (unpaired) electrons. The van der Waals surface area contributed by atoms with E-state index >= 15 is 0 Å². The number of rotatable bonds is 5. The minimum Gasteiger partial charge on any atom is -0.484 e. The van der Waals surface area contributed by atoms with Crippen molar-refractivity contribution < 1.29 is 19.1 Å². The first-order valence-corrected chi connectivity index (χ1v) is 5.39. The molecule has 0 bridgehead atoms. The molecule has 1 aromatic heterocycles. The average molecular weight is 248 g/mol. The van der Waals surface area contributed by atoms with Crippen LogP contribution >= 0.6 is 0 Å². The van der Waals surface area contributed by atoms with E-state index in [1.165, 1.54) is 6.92 Å². The van der Waals surface area contributed by atoms with Crippen LogP contribution in [0.15, 0.2) is 34.7 Å². The second-order valence-electron chi connectivity index (χ2n) is 3.70. The third kappa shape index (κ3) is 2.85. The van der Waals surface area contributed by atoms with Crippen molar-refractivity contribution in [2.24, 2.45) is 0 Å². The molecule has 1 heterocycles. The van der Waals surface area contributed by atoms with Crippen LogP contribution in [0.25, 0.3) is 0 Å². The summed E-state index contributed by atoms with van der Waals surface area (Å²) in [5, 5.41) is 16.2. The fraction of sp³-hybridized carbons (Fsp3) is 0.250. The van der Waals surface area contributed by atoms with Crippen LogP contribution in [-0.2, 0) is 11.4 Å². The number of carbonyl (C=O) groups is 1. The van der Waals surface area contributed by atoms with Crippen LogP contribution in [0.2, 0.25) is 0 Å². The number of aliphatic carboxylic acids is 1. The standard InChI is InChI=1S/C12H12N2O4/c1-8(12(15)16)11-14-13-10(18-11)7-17-9-5-3-2-4-6-9/h2-6,8H,7H2,1H3,(H,15,16). The third-order valence-corrected chi connectivity index (χ3v) is 2.33. The Labute approximate surface area is 103 Å². The highest BCUT2D eigenvalue weighted by atomic mass is 16.5. The summed E-state index contributed by atoms with van der Waals surface area (Å²) < 4.78 is 10.6. The molecule has 1 unspecified atom stereocenters. The molecule has 0 aliphatic carbocycles. The van der Waals surface area contributed by atoms with Gasteiger partial charge in [-0.15, -0.1) is 10.2 Å². The molecule has 0 saturated heterocycles. The van der Waals surface area contributed by atoms with E-state index in [0.29, 0.717) is 5.75 Å². The molecule has 6 heteroatoms. The normalized spacial score (nSPS) is 12.1. The van der Waals surface area contributed by atoms with Crippen molar-refractivity contribution in [3.05, 3.63) is 42.1 Å². The lowest BCUT2D eigenvalue weighted by Crippen LogP contribution is -2.07. The van der Waals surface area contributed by atoms with Gasteiger partial charge in [0.25, 0.3) is 5.89 Å². The first kappa shape index (κ1) is 12.1. The SMILES string of the molecule is CC(C(=O)O)c1nnc(COc2ccccc2)o1. The monoisotopic (exact) mass is 248 g/mol. The maximum atomic E-state index is 10.7.